The van der Waals surface area contributed by atoms with Gasteiger partial charge in [0, 0.05) is 13.1 Å². The number of morpholine rings is 1. The number of hydrogen-bond donors (Lipinski definition) is 0. The molecule has 20 heavy (non-hydrogen) atoms. The zero-order valence-corrected chi connectivity index (χ0v) is 12.3. The van der Waals surface area contributed by atoms with E-state index in [1.165, 1.54) is 5.56 Å². The van der Waals surface area contributed by atoms with Crippen LogP contribution in [0.4, 0.5) is 0 Å². The summed E-state index contributed by atoms with van der Waals surface area (Å²) in [5.74, 6) is 0.868. The van der Waals surface area contributed by atoms with Gasteiger partial charge in [-0.2, -0.15) is 5.26 Å². The summed E-state index contributed by atoms with van der Waals surface area (Å²) in [5.41, 5.74) is 0.784. The topological polar surface area (TPSA) is 45.5 Å². The maximum Gasteiger partial charge on any atom is 0.119 e. The van der Waals surface area contributed by atoms with Crippen LogP contribution in [0.3, 0.4) is 0 Å². The zero-order chi connectivity index (χ0) is 14.4. The van der Waals surface area contributed by atoms with E-state index in [0.717, 1.165) is 44.9 Å². The molecule has 1 atom stereocenters. The van der Waals surface area contributed by atoms with Gasteiger partial charge in [-0.15, -0.1) is 0 Å². The molecule has 1 aliphatic rings. The molecule has 1 fully saturated rings. The van der Waals surface area contributed by atoms with Crippen LogP contribution in [0.2, 0.25) is 0 Å². The van der Waals surface area contributed by atoms with E-state index in [-0.39, 0.29) is 0 Å². The highest BCUT2D eigenvalue weighted by Crippen LogP contribution is 2.23. The van der Waals surface area contributed by atoms with Crippen molar-refractivity contribution in [3.63, 3.8) is 0 Å². The summed E-state index contributed by atoms with van der Waals surface area (Å²) < 4.78 is 10.6. The van der Waals surface area contributed by atoms with Crippen LogP contribution in [0.15, 0.2) is 24.3 Å². The maximum atomic E-state index is 9.56. The Morgan fingerprint density at radius 3 is 2.80 bits per heavy atom. The summed E-state index contributed by atoms with van der Waals surface area (Å²) in [6.45, 7) is 5.13. The molecule has 1 aromatic rings. The standard InChI is InChI=1S/C16H22N2O2/c1-16(13-17,18-8-10-20-11-9-18)7-6-14-4-3-5-15(12-14)19-2/h3-5,12H,6-11H2,1-2H3. The second-order valence-corrected chi connectivity index (χ2v) is 5.34. The van der Waals surface area contributed by atoms with E-state index in [1.54, 1.807) is 7.11 Å². The fourth-order valence-corrected chi connectivity index (χ4v) is 2.56. The van der Waals surface area contributed by atoms with E-state index in [4.69, 9.17) is 9.47 Å². The number of aryl methyl sites for hydroxylation is 1. The fourth-order valence-electron chi connectivity index (χ4n) is 2.56. The molecule has 0 amide bonds. The largest absolute Gasteiger partial charge is 0.497 e. The minimum absolute atomic E-state index is 0.424. The average molecular weight is 274 g/mol. The van der Waals surface area contributed by atoms with Crippen LogP contribution < -0.4 is 4.74 Å². The average Bonchev–Trinajstić information content (AvgIpc) is 2.53. The molecule has 0 aromatic heterocycles. The van der Waals surface area contributed by atoms with Gasteiger partial charge in [-0.3, -0.25) is 4.90 Å². The third-order valence-electron chi connectivity index (χ3n) is 3.98. The third-order valence-corrected chi connectivity index (χ3v) is 3.98. The Labute approximate surface area is 120 Å². The Balaban J connectivity index is 2.00. The van der Waals surface area contributed by atoms with Gasteiger partial charge >= 0.3 is 0 Å². The third kappa shape index (κ3) is 3.50. The summed E-state index contributed by atoms with van der Waals surface area (Å²) in [5, 5.41) is 9.56. The molecule has 1 unspecified atom stereocenters. The van der Waals surface area contributed by atoms with Crippen LogP contribution in [0, 0.1) is 11.3 Å². The second-order valence-electron chi connectivity index (χ2n) is 5.34. The molecule has 1 saturated heterocycles. The van der Waals surface area contributed by atoms with Crippen molar-refractivity contribution in [2.45, 2.75) is 25.3 Å². The van der Waals surface area contributed by atoms with Crippen LogP contribution in [0.25, 0.3) is 0 Å². The lowest BCUT2D eigenvalue weighted by Crippen LogP contribution is -2.51. The van der Waals surface area contributed by atoms with Gasteiger partial charge in [-0.05, 0) is 37.5 Å². The monoisotopic (exact) mass is 274 g/mol. The normalized spacial score (nSPS) is 19.1. The molecule has 0 spiro atoms. The quantitative estimate of drug-likeness (QED) is 0.826. The van der Waals surface area contributed by atoms with Crippen molar-refractivity contribution in [1.29, 1.82) is 5.26 Å². The highest BCUT2D eigenvalue weighted by molar-refractivity contribution is 5.29. The number of nitrogens with zero attached hydrogens (tertiary/aromatic N) is 2. The number of ether oxygens (including phenoxy) is 2. The van der Waals surface area contributed by atoms with E-state index < -0.39 is 5.54 Å². The van der Waals surface area contributed by atoms with Gasteiger partial charge in [0.25, 0.3) is 0 Å². The van der Waals surface area contributed by atoms with Crippen LogP contribution in [0.1, 0.15) is 18.9 Å². The van der Waals surface area contributed by atoms with Crippen LogP contribution in [-0.4, -0.2) is 43.9 Å². The number of hydrogen-bond acceptors (Lipinski definition) is 4. The predicted molar refractivity (Wildman–Crippen MR) is 77.7 cm³/mol. The van der Waals surface area contributed by atoms with Crippen LogP contribution in [-0.2, 0) is 11.2 Å². The minimum Gasteiger partial charge on any atom is -0.497 e. The van der Waals surface area contributed by atoms with Gasteiger partial charge in [0.15, 0.2) is 0 Å². The lowest BCUT2D eigenvalue weighted by atomic mass is 9.92. The lowest BCUT2D eigenvalue weighted by Gasteiger charge is -2.38. The van der Waals surface area contributed by atoms with E-state index in [2.05, 4.69) is 17.0 Å². The van der Waals surface area contributed by atoms with E-state index in [1.807, 2.05) is 25.1 Å². The first-order valence-electron chi connectivity index (χ1n) is 7.05. The van der Waals surface area contributed by atoms with Crippen molar-refractivity contribution in [1.82, 2.24) is 4.90 Å². The van der Waals surface area contributed by atoms with E-state index in [9.17, 15) is 5.26 Å². The summed E-state index contributed by atoms with van der Waals surface area (Å²) in [7, 11) is 1.67. The Morgan fingerprint density at radius 1 is 1.40 bits per heavy atom. The van der Waals surface area contributed by atoms with Crippen LogP contribution in [0.5, 0.6) is 5.75 Å². The van der Waals surface area contributed by atoms with Crippen molar-refractivity contribution in [2.75, 3.05) is 33.4 Å². The number of nitriles is 1. The Bertz CT molecular complexity index is 478. The first-order chi connectivity index (χ1) is 9.68. The summed E-state index contributed by atoms with van der Waals surface area (Å²) in [4.78, 5) is 2.23. The van der Waals surface area contributed by atoms with Crippen molar-refractivity contribution in [3.8, 4) is 11.8 Å². The van der Waals surface area contributed by atoms with Crippen molar-refractivity contribution < 1.29 is 9.47 Å². The Kier molecular flexibility index (Phi) is 4.99. The molecule has 2 rings (SSSR count). The molecule has 0 N–H and O–H groups in total. The molecule has 0 bridgehead atoms. The first kappa shape index (κ1) is 14.8. The molecule has 1 aliphatic heterocycles. The highest BCUT2D eigenvalue weighted by atomic mass is 16.5. The van der Waals surface area contributed by atoms with Gasteiger partial charge in [0.1, 0.15) is 11.3 Å². The Morgan fingerprint density at radius 2 is 2.15 bits per heavy atom. The molecule has 1 aromatic carbocycles. The first-order valence-corrected chi connectivity index (χ1v) is 7.05. The van der Waals surface area contributed by atoms with Crippen molar-refractivity contribution >= 4 is 0 Å². The second kappa shape index (κ2) is 6.74. The molecular weight excluding hydrogens is 252 g/mol. The molecular formula is C16H22N2O2. The number of methoxy groups -OCH3 is 1. The SMILES string of the molecule is COc1cccc(CCC(C)(C#N)N2CCOCC2)c1. The minimum atomic E-state index is -0.424. The van der Waals surface area contributed by atoms with E-state index in [0.29, 0.717) is 0 Å². The number of benzene rings is 1. The smallest absolute Gasteiger partial charge is 0.119 e. The summed E-state index contributed by atoms with van der Waals surface area (Å²) in [6.07, 6.45) is 1.69. The van der Waals surface area contributed by atoms with Crippen molar-refractivity contribution in [2.24, 2.45) is 0 Å². The van der Waals surface area contributed by atoms with Crippen LogP contribution >= 0.6 is 0 Å². The summed E-state index contributed by atoms with van der Waals surface area (Å²) >= 11 is 0. The fraction of sp³-hybridized carbons (Fsp3) is 0.562. The molecule has 0 aliphatic carbocycles. The predicted octanol–water partition coefficient (Wildman–Crippen LogP) is 2.24. The highest BCUT2D eigenvalue weighted by Gasteiger charge is 2.32. The molecule has 4 heteroatoms. The molecule has 0 saturated carbocycles. The molecule has 4 nitrogen and oxygen atoms in total. The number of rotatable bonds is 5. The van der Waals surface area contributed by atoms with Gasteiger partial charge in [-0.25, -0.2) is 0 Å². The lowest BCUT2D eigenvalue weighted by molar-refractivity contribution is -0.000450. The van der Waals surface area contributed by atoms with Gasteiger partial charge in [-0.1, -0.05) is 12.1 Å². The van der Waals surface area contributed by atoms with Gasteiger partial charge < -0.3 is 9.47 Å². The molecule has 0 radical (unpaired) electrons. The Hall–Kier alpha value is -1.57. The summed E-state index contributed by atoms with van der Waals surface area (Å²) in [6, 6.07) is 10.5. The van der Waals surface area contributed by atoms with Gasteiger partial charge in [0.05, 0.1) is 26.4 Å². The molecule has 108 valence electrons. The van der Waals surface area contributed by atoms with E-state index >= 15 is 0 Å². The maximum absolute atomic E-state index is 9.56. The van der Waals surface area contributed by atoms with Gasteiger partial charge in [0.2, 0.25) is 0 Å². The van der Waals surface area contributed by atoms with Crippen molar-refractivity contribution in [3.05, 3.63) is 29.8 Å². The molecule has 1 heterocycles. The zero-order valence-electron chi connectivity index (χ0n) is 12.3.